The molecule has 0 spiro atoms. The van der Waals surface area contributed by atoms with Crippen LogP contribution in [0.15, 0.2) is 57.9 Å². The van der Waals surface area contributed by atoms with E-state index < -0.39 is 0 Å². The minimum Gasteiger partial charge on any atom is -0.508 e. The number of aromatic nitrogens is 3. The highest BCUT2D eigenvalue weighted by Crippen LogP contribution is 2.39. The van der Waals surface area contributed by atoms with Gasteiger partial charge in [-0.2, -0.15) is 0 Å². The van der Waals surface area contributed by atoms with E-state index in [1.165, 1.54) is 12.1 Å². The second-order valence-electron chi connectivity index (χ2n) is 6.04. The zero-order chi connectivity index (χ0) is 17.1. The Labute approximate surface area is 140 Å². The SMILES string of the molecule is Cn1[nH]cc2c(-c3ccc(O)cc3)c3oc4cc(=O)ccc4c3nc21. The number of rotatable bonds is 1. The minimum atomic E-state index is -0.101. The summed E-state index contributed by atoms with van der Waals surface area (Å²) < 4.78 is 7.85. The summed E-state index contributed by atoms with van der Waals surface area (Å²) in [5.41, 5.74) is 4.31. The zero-order valence-corrected chi connectivity index (χ0v) is 13.3. The van der Waals surface area contributed by atoms with Crippen molar-refractivity contribution in [3.8, 4) is 16.9 Å². The van der Waals surface area contributed by atoms with Gasteiger partial charge in [-0.25, -0.2) is 4.98 Å². The minimum absolute atomic E-state index is 0.101. The average Bonchev–Trinajstić information content (AvgIpc) is 3.14. The fourth-order valence-electron chi connectivity index (χ4n) is 3.27. The molecule has 122 valence electrons. The molecule has 0 radical (unpaired) electrons. The molecule has 5 aromatic rings. The third kappa shape index (κ3) is 1.91. The van der Waals surface area contributed by atoms with Crippen molar-refractivity contribution in [2.75, 3.05) is 0 Å². The van der Waals surface area contributed by atoms with E-state index in [0.29, 0.717) is 16.7 Å². The number of nitrogens with one attached hydrogen (secondary N) is 1. The lowest BCUT2D eigenvalue weighted by Crippen LogP contribution is -1.94. The van der Waals surface area contributed by atoms with E-state index in [2.05, 4.69) is 5.10 Å². The molecule has 0 bridgehead atoms. The highest BCUT2D eigenvalue weighted by atomic mass is 16.3. The number of furan rings is 1. The summed E-state index contributed by atoms with van der Waals surface area (Å²) in [7, 11) is 1.89. The number of nitrogens with zero attached hydrogens (tertiary/aromatic N) is 2. The lowest BCUT2D eigenvalue weighted by atomic mass is 10.0. The summed E-state index contributed by atoms with van der Waals surface area (Å²) in [4.78, 5) is 16.4. The molecule has 0 saturated heterocycles. The number of aromatic hydroxyl groups is 1. The normalized spacial score (nSPS) is 11.7. The summed E-state index contributed by atoms with van der Waals surface area (Å²) >= 11 is 0. The van der Waals surface area contributed by atoms with Gasteiger partial charge in [-0.05, 0) is 29.8 Å². The Hall–Kier alpha value is -3.54. The van der Waals surface area contributed by atoms with Crippen LogP contribution in [0.2, 0.25) is 0 Å². The molecule has 6 heteroatoms. The molecule has 5 rings (SSSR count). The number of pyridine rings is 1. The third-order valence-electron chi connectivity index (χ3n) is 4.47. The van der Waals surface area contributed by atoms with Crippen LogP contribution in [0, 0.1) is 0 Å². The van der Waals surface area contributed by atoms with Crippen LogP contribution < -0.4 is 5.43 Å². The fourth-order valence-corrected chi connectivity index (χ4v) is 3.27. The van der Waals surface area contributed by atoms with Gasteiger partial charge in [0.15, 0.2) is 16.7 Å². The number of benzene rings is 2. The molecule has 25 heavy (non-hydrogen) atoms. The van der Waals surface area contributed by atoms with Gasteiger partial charge in [-0.15, -0.1) is 0 Å². The Morgan fingerprint density at radius 3 is 2.72 bits per heavy atom. The van der Waals surface area contributed by atoms with Crippen molar-refractivity contribution in [1.82, 2.24) is 14.8 Å². The summed E-state index contributed by atoms with van der Waals surface area (Å²) in [5.74, 6) is 0.200. The number of fused-ring (bicyclic) bond motifs is 4. The predicted octanol–water partition coefficient (Wildman–Crippen LogP) is 3.53. The van der Waals surface area contributed by atoms with Gasteiger partial charge in [-0.1, -0.05) is 12.1 Å². The van der Waals surface area contributed by atoms with Crippen LogP contribution in [0.1, 0.15) is 0 Å². The topological polar surface area (TPSA) is 84.0 Å². The van der Waals surface area contributed by atoms with E-state index in [1.54, 1.807) is 18.2 Å². The number of aromatic amines is 1. The molecule has 3 heterocycles. The Morgan fingerprint density at radius 1 is 1.12 bits per heavy atom. The Bertz CT molecular complexity index is 1320. The molecule has 3 aromatic heterocycles. The zero-order valence-electron chi connectivity index (χ0n) is 13.3. The highest BCUT2D eigenvalue weighted by Gasteiger charge is 2.19. The van der Waals surface area contributed by atoms with Crippen LogP contribution in [0.3, 0.4) is 0 Å². The number of hydrogen-bond acceptors (Lipinski definition) is 4. The smallest absolute Gasteiger partial charge is 0.182 e. The van der Waals surface area contributed by atoms with Gasteiger partial charge in [0.25, 0.3) is 0 Å². The van der Waals surface area contributed by atoms with Gasteiger partial charge in [0, 0.05) is 35.6 Å². The molecular weight excluding hydrogens is 318 g/mol. The molecule has 2 N–H and O–H groups in total. The second kappa shape index (κ2) is 4.73. The van der Waals surface area contributed by atoms with E-state index in [1.807, 2.05) is 30.1 Å². The van der Waals surface area contributed by atoms with Crippen LogP contribution in [-0.2, 0) is 7.05 Å². The van der Waals surface area contributed by atoms with Gasteiger partial charge in [0.05, 0.1) is 0 Å². The number of H-pyrrole nitrogens is 1. The van der Waals surface area contributed by atoms with Crippen LogP contribution in [0.5, 0.6) is 5.75 Å². The number of aryl methyl sites for hydroxylation is 1. The maximum Gasteiger partial charge on any atom is 0.182 e. The van der Waals surface area contributed by atoms with Crippen molar-refractivity contribution < 1.29 is 9.52 Å². The van der Waals surface area contributed by atoms with Crippen LogP contribution in [0.4, 0.5) is 0 Å². The van der Waals surface area contributed by atoms with Crippen molar-refractivity contribution in [2.24, 2.45) is 7.05 Å². The van der Waals surface area contributed by atoms with Crippen molar-refractivity contribution in [2.45, 2.75) is 0 Å². The fraction of sp³-hybridized carbons (Fsp3) is 0.0526. The largest absolute Gasteiger partial charge is 0.508 e. The molecule has 0 aliphatic carbocycles. The van der Waals surface area contributed by atoms with Crippen LogP contribution >= 0.6 is 0 Å². The van der Waals surface area contributed by atoms with Gasteiger partial charge in [-0.3, -0.25) is 9.48 Å². The molecule has 0 atom stereocenters. The Balaban J connectivity index is 2.02. The average molecular weight is 331 g/mol. The molecule has 6 nitrogen and oxygen atoms in total. The van der Waals surface area contributed by atoms with Crippen molar-refractivity contribution >= 4 is 33.1 Å². The molecule has 2 aromatic carbocycles. The lowest BCUT2D eigenvalue weighted by molar-refractivity contribution is 0.475. The predicted molar refractivity (Wildman–Crippen MR) is 95.7 cm³/mol. The maximum absolute atomic E-state index is 11.7. The monoisotopic (exact) mass is 331 g/mol. The van der Waals surface area contributed by atoms with E-state index in [0.717, 1.165) is 27.5 Å². The van der Waals surface area contributed by atoms with Crippen LogP contribution in [-0.4, -0.2) is 19.9 Å². The first-order valence-corrected chi connectivity index (χ1v) is 7.81. The quantitative estimate of drug-likeness (QED) is 0.492. The van der Waals surface area contributed by atoms with Gasteiger partial charge in [0.1, 0.15) is 16.8 Å². The Morgan fingerprint density at radius 2 is 1.92 bits per heavy atom. The van der Waals surface area contributed by atoms with Gasteiger partial charge in [0.2, 0.25) is 0 Å². The Kier molecular flexibility index (Phi) is 2.62. The molecular formula is C19H13N3O3. The second-order valence-corrected chi connectivity index (χ2v) is 6.04. The lowest BCUT2D eigenvalue weighted by Gasteiger charge is -2.05. The molecule has 0 aliphatic heterocycles. The molecule has 0 amide bonds. The summed E-state index contributed by atoms with van der Waals surface area (Å²) in [6.45, 7) is 0. The summed E-state index contributed by atoms with van der Waals surface area (Å²) in [5, 5.41) is 14.4. The first-order valence-electron chi connectivity index (χ1n) is 7.81. The van der Waals surface area contributed by atoms with E-state index >= 15 is 0 Å². The van der Waals surface area contributed by atoms with Crippen LogP contribution in [0.25, 0.3) is 44.2 Å². The molecule has 0 saturated carbocycles. The highest BCUT2D eigenvalue weighted by molar-refractivity contribution is 6.14. The number of phenolic OH excluding ortho intramolecular Hbond substituents is 1. The maximum atomic E-state index is 11.7. The summed E-state index contributed by atoms with van der Waals surface area (Å²) in [6.07, 6.45) is 1.87. The molecule has 0 aliphatic rings. The number of phenols is 1. The van der Waals surface area contributed by atoms with E-state index in [4.69, 9.17) is 9.40 Å². The number of hydrogen-bond donors (Lipinski definition) is 2. The van der Waals surface area contributed by atoms with Crippen molar-refractivity contribution in [3.63, 3.8) is 0 Å². The molecule has 0 unspecified atom stereocenters. The van der Waals surface area contributed by atoms with Crippen molar-refractivity contribution in [3.05, 3.63) is 58.9 Å². The third-order valence-corrected chi connectivity index (χ3v) is 4.47. The first kappa shape index (κ1) is 13.9. The van der Waals surface area contributed by atoms with Gasteiger partial charge < -0.3 is 14.6 Å². The van der Waals surface area contributed by atoms with E-state index in [9.17, 15) is 9.90 Å². The summed E-state index contributed by atoms with van der Waals surface area (Å²) in [6, 6.07) is 11.7. The van der Waals surface area contributed by atoms with E-state index in [-0.39, 0.29) is 11.2 Å². The molecule has 0 fully saturated rings. The first-order chi connectivity index (χ1) is 12.1. The van der Waals surface area contributed by atoms with Gasteiger partial charge >= 0.3 is 0 Å². The standard InChI is InChI=1S/C19H13N3O3/c1-22-19-14(9-20-22)16(10-2-4-11(23)5-3-10)18-17(21-19)13-7-6-12(24)8-15(13)25-18/h2-9,20,23H,1H3. The van der Waals surface area contributed by atoms with Crippen molar-refractivity contribution in [1.29, 1.82) is 0 Å².